The molecule has 0 saturated heterocycles. The van der Waals surface area contributed by atoms with Gasteiger partial charge in [-0.1, -0.05) is 18.4 Å². The molecule has 15 heavy (non-hydrogen) atoms. The van der Waals surface area contributed by atoms with Crippen LogP contribution in [0.3, 0.4) is 0 Å². The lowest BCUT2D eigenvalue weighted by atomic mass is 10.2. The molecule has 0 aromatic carbocycles. The Morgan fingerprint density at radius 1 is 1.00 bits per heavy atom. The maximum atomic E-state index is 4.85. The van der Waals surface area contributed by atoms with E-state index in [9.17, 15) is 0 Å². The molecule has 0 aromatic heterocycles. The second-order valence-electron chi connectivity index (χ2n) is 2.70. The van der Waals surface area contributed by atoms with Crippen LogP contribution in [0.5, 0.6) is 0 Å². The third-order valence-electron chi connectivity index (χ3n) is 1.42. The zero-order chi connectivity index (χ0) is 11.2. The molecular weight excluding hydrogens is 196 g/mol. The van der Waals surface area contributed by atoms with Crippen LogP contribution >= 0.6 is 0 Å². The smallest absolute Gasteiger partial charge is 0.171 e. The summed E-state index contributed by atoms with van der Waals surface area (Å²) in [5.74, 6) is 0. The van der Waals surface area contributed by atoms with Crippen LogP contribution < -0.4 is 0 Å². The number of rotatable bonds is 11. The van der Waals surface area contributed by atoms with Crippen molar-refractivity contribution in [2.45, 2.75) is 19.3 Å². The lowest BCUT2D eigenvalue weighted by molar-refractivity contribution is -0.287. The highest BCUT2D eigenvalue weighted by Gasteiger charge is 1.91. The minimum absolute atomic E-state index is 0.421. The van der Waals surface area contributed by atoms with Crippen LogP contribution in [0.25, 0.3) is 0 Å². The van der Waals surface area contributed by atoms with Crippen molar-refractivity contribution in [1.29, 1.82) is 0 Å². The number of unbranched alkanes of at least 4 members (excludes halogenated alkanes) is 2. The molecule has 0 aromatic rings. The van der Waals surface area contributed by atoms with Gasteiger partial charge in [0.1, 0.15) is 6.61 Å². The molecular formula is C11H18O4. The van der Waals surface area contributed by atoms with E-state index in [1.165, 1.54) is 6.26 Å². The summed E-state index contributed by atoms with van der Waals surface area (Å²) < 4.78 is 0. The molecule has 0 heterocycles. The van der Waals surface area contributed by atoms with Crippen molar-refractivity contribution in [3.8, 4) is 0 Å². The normalized spacial score (nSPS) is 9.33. The minimum atomic E-state index is 0.421. The zero-order valence-electron chi connectivity index (χ0n) is 8.94. The molecule has 0 unspecified atom stereocenters. The molecule has 4 nitrogen and oxygen atoms in total. The first kappa shape index (κ1) is 13.9. The molecule has 0 N–H and O–H groups in total. The van der Waals surface area contributed by atoms with Gasteiger partial charge in [0.15, 0.2) is 6.26 Å². The lowest BCUT2D eigenvalue weighted by Crippen LogP contribution is -1.98. The maximum Gasteiger partial charge on any atom is 0.171 e. The first-order valence-corrected chi connectivity index (χ1v) is 4.89. The Labute approximate surface area is 90.6 Å². The molecule has 0 spiro atoms. The average Bonchev–Trinajstić information content (AvgIpc) is 2.26. The van der Waals surface area contributed by atoms with Gasteiger partial charge in [0.05, 0.1) is 13.2 Å². The van der Waals surface area contributed by atoms with Gasteiger partial charge in [-0.2, -0.15) is 4.89 Å². The van der Waals surface area contributed by atoms with Gasteiger partial charge >= 0.3 is 0 Å². The van der Waals surface area contributed by atoms with Crippen molar-refractivity contribution in [2.24, 2.45) is 0 Å². The van der Waals surface area contributed by atoms with E-state index in [0.717, 1.165) is 19.3 Å². The predicted molar refractivity (Wildman–Crippen MR) is 56.7 cm³/mol. The zero-order valence-corrected chi connectivity index (χ0v) is 8.94. The van der Waals surface area contributed by atoms with Gasteiger partial charge in [-0.05, 0) is 19.3 Å². The van der Waals surface area contributed by atoms with Crippen LogP contribution in [0.1, 0.15) is 19.3 Å². The molecule has 0 aliphatic heterocycles. The molecule has 0 bridgehead atoms. The van der Waals surface area contributed by atoms with E-state index in [2.05, 4.69) is 23.8 Å². The summed E-state index contributed by atoms with van der Waals surface area (Å²) in [4.78, 5) is 19.0. The van der Waals surface area contributed by atoms with Crippen LogP contribution in [0.15, 0.2) is 31.2 Å². The Hall–Kier alpha value is -1.06. The molecule has 86 valence electrons. The van der Waals surface area contributed by atoms with E-state index in [-0.39, 0.29) is 0 Å². The Kier molecular flexibility index (Phi) is 12.0. The predicted octanol–water partition coefficient (Wildman–Crippen LogP) is 2.54. The summed E-state index contributed by atoms with van der Waals surface area (Å²) in [5, 5.41) is 0. The largest absolute Gasteiger partial charge is 0.337 e. The van der Waals surface area contributed by atoms with E-state index in [0.29, 0.717) is 19.8 Å². The maximum absolute atomic E-state index is 4.85. The van der Waals surface area contributed by atoms with Gasteiger partial charge < -0.3 is 4.89 Å². The van der Waals surface area contributed by atoms with E-state index in [1.807, 2.05) is 0 Å². The second kappa shape index (κ2) is 12.9. The summed E-state index contributed by atoms with van der Waals surface area (Å²) in [6.07, 6.45) is 5.75. The third-order valence-corrected chi connectivity index (χ3v) is 1.42. The van der Waals surface area contributed by atoms with E-state index < -0.39 is 0 Å². The van der Waals surface area contributed by atoms with Gasteiger partial charge in [0.25, 0.3) is 0 Å². The fraction of sp³-hybridized carbons (Fsp3) is 0.545. The van der Waals surface area contributed by atoms with E-state index in [1.54, 1.807) is 6.08 Å². The molecule has 0 aliphatic rings. The highest BCUT2D eigenvalue weighted by Crippen LogP contribution is 1.97. The fourth-order valence-corrected chi connectivity index (χ4v) is 0.770. The van der Waals surface area contributed by atoms with Crippen molar-refractivity contribution in [3.63, 3.8) is 0 Å². The van der Waals surface area contributed by atoms with Gasteiger partial charge in [-0.25, -0.2) is 9.78 Å². The summed E-state index contributed by atoms with van der Waals surface area (Å²) in [5.41, 5.74) is 2.43. The van der Waals surface area contributed by atoms with Crippen LogP contribution in [0.2, 0.25) is 0 Å². The molecule has 0 rings (SSSR count). The first-order chi connectivity index (χ1) is 7.41. The highest BCUT2D eigenvalue weighted by atomic mass is 17.2. The van der Waals surface area contributed by atoms with E-state index in [4.69, 9.17) is 14.7 Å². The van der Waals surface area contributed by atoms with Crippen molar-refractivity contribution >= 4 is 0 Å². The molecule has 0 fully saturated rings. The summed E-state index contributed by atoms with van der Waals surface area (Å²) in [7, 11) is 0. The molecule has 0 atom stereocenters. The first-order valence-electron chi connectivity index (χ1n) is 4.89. The monoisotopic (exact) mass is 214 g/mol. The standard InChI is InChI=1S/C11H18O4/c1-3-8-12-14-10-6-5-7-11-15-13-9-4-2/h3,9H,1-2,5-8,10-11H2. The Morgan fingerprint density at radius 3 is 2.40 bits per heavy atom. The average molecular weight is 214 g/mol. The summed E-state index contributed by atoms with van der Waals surface area (Å²) in [6.45, 7) is 8.37. The topological polar surface area (TPSA) is 36.9 Å². The number of hydrogen-bond donors (Lipinski definition) is 0. The summed E-state index contributed by atoms with van der Waals surface area (Å²) in [6, 6.07) is 0. The summed E-state index contributed by atoms with van der Waals surface area (Å²) >= 11 is 0. The molecule has 0 radical (unpaired) electrons. The Balaban J connectivity index is 2.92. The van der Waals surface area contributed by atoms with Gasteiger partial charge in [-0.15, -0.1) is 6.58 Å². The second-order valence-corrected chi connectivity index (χ2v) is 2.70. The Bertz CT molecular complexity index is 185. The Morgan fingerprint density at radius 2 is 1.73 bits per heavy atom. The van der Waals surface area contributed by atoms with Crippen molar-refractivity contribution in [3.05, 3.63) is 31.2 Å². The SMILES string of the molecule is C=C=COOCCCCCOOCC=C. The van der Waals surface area contributed by atoms with Crippen LogP contribution in [-0.4, -0.2) is 19.8 Å². The van der Waals surface area contributed by atoms with Gasteiger partial charge in [0.2, 0.25) is 0 Å². The van der Waals surface area contributed by atoms with Crippen LogP contribution in [-0.2, 0) is 19.6 Å². The lowest BCUT2D eigenvalue weighted by Gasteiger charge is -2.02. The van der Waals surface area contributed by atoms with Crippen molar-refractivity contribution < 1.29 is 19.6 Å². The third kappa shape index (κ3) is 12.9. The van der Waals surface area contributed by atoms with Crippen molar-refractivity contribution in [2.75, 3.05) is 19.8 Å². The van der Waals surface area contributed by atoms with Gasteiger partial charge in [0, 0.05) is 0 Å². The minimum Gasteiger partial charge on any atom is -0.337 e. The molecule has 0 aliphatic carbocycles. The highest BCUT2D eigenvalue weighted by molar-refractivity contribution is 4.62. The van der Waals surface area contributed by atoms with Crippen LogP contribution in [0, 0.1) is 0 Å². The van der Waals surface area contributed by atoms with Crippen molar-refractivity contribution in [1.82, 2.24) is 0 Å². The fourth-order valence-electron chi connectivity index (χ4n) is 0.770. The van der Waals surface area contributed by atoms with E-state index >= 15 is 0 Å². The van der Waals surface area contributed by atoms with Gasteiger partial charge in [-0.3, -0.25) is 0 Å². The van der Waals surface area contributed by atoms with Crippen LogP contribution in [0.4, 0.5) is 0 Å². The molecule has 0 saturated carbocycles. The number of hydrogen-bond acceptors (Lipinski definition) is 4. The molecule has 4 heteroatoms. The molecule has 0 amide bonds. The quantitative estimate of drug-likeness (QED) is 0.132.